The zero-order valence-corrected chi connectivity index (χ0v) is 12.4. The Balaban J connectivity index is 2.98. The molecule has 0 spiro atoms. The van der Waals surface area contributed by atoms with Crippen LogP contribution >= 0.6 is 0 Å². The van der Waals surface area contributed by atoms with Crippen molar-refractivity contribution in [1.29, 1.82) is 0 Å². The number of rotatable bonds is 5. The molecule has 0 bridgehead atoms. The molecule has 4 nitrogen and oxygen atoms in total. The van der Waals surface area contributed by atoms with Crippen molar-refractivity contribution in [2.24, 2.45) is 17.6 Å². The summed E-state index contributed by atoms with van der Waals surface area (Å²) in [6.07, 6.45) is 0. The van der Waals surface area contributed by atoms with Crippen LogP contribution < -0.4 is 15.8 Å². The molecule has 0 fully saturated rings. The van der Waals surface area contributed by atoms with Gasteiger partial charge in [0.05, 0.1) is 18.7 Å². The minimum absolute atomic E-state index is 0.0564. The van der Waals surface area contributed by atoms with Crippen LogP contribution in [0.3, 0.4) is 0 Å². The molecule has 0 heterocycles. The molecule has 0 aliphatic carbocycles. The van der Waals surface area contributed by atoms with E-state index in [1.807, 2.05) is 39.8 Å². The van der Waals surface area contributed by atoms with Crippen LogP contribution in [0.25, 0.3) is 0 Å². The summed E-state index contributed by atoms with van der Waals surface area (Å²) in [4.78, 5) is 12.2. The van der Waals surface area contributed by atoms with E-state index in [0.29, 0.717) is 18.0 Å². The molecule has 1 aromatic rings. The Labute approximate surface area is 115 Å². The number of methoxy groups -OCH3 is 1. The van der Waals surface area contributed by atoms with Crippen LogP contribution in [0.5, 0.6) is 5.75 Å². The van der Waals surface area contributed by atoms with Crippen LogP contribution in [-0.2, 0) is 4.79 Å². The zero-order chi connectivity index (χ0) is 14.6. The van der Waals surface area contributed by atoms with Gasteiger partial charge in [-0.25, -0.2) is 0 Å². The first-order valence-electron chi connectivity index (χ1n) is 6.56. The first-order valence-corrected chi connectivity index (χ1v) is 6.56. The van der Waals surface area contributed by atoms with Crippen molar-refractivity contribution < 1.29 is 9.53 Å². The number of ether oxygens (including phenoxy) is 1. The normalized spacial score (nSPS) is 12.4. The standard InChI is InChI=1S/C15H24N2O2/c1-9(2)12(8-16)15(18)17-13-6-10(3)11(4)7-14(13)19-5/h6-7,9,12H,8,16H2,1-5H3,(H,17,18). The Morgan fingerprint density at radius 2 is 1.89 bits per heavy atom. The number of nitrogens with two attached hydrogens (primary N) is 1. The molecule has 1 rings (SSSR count). The molecule has 0 aliphatic heterocycles. The van der Waals surface area contributed by atoms with Crippen LogP contribution in [0.4, 0.5) is 5.69 Å². The highest BCUT2D eigenvalue weighted by Gasteiger charge is 2.21. The Morgan fingerprint density at radius 3 is 2.37 bits per heavy atom. The molecule has 0 radical (unpaired) electrons. The van der Waals surface area contributed by atoms with E-state index >= 15 is 0 Å². The lowest BCUT2D eigenvalue weighted by atomic mass is 9.95. The maximum Gasteiger partial charge on any atom is 0.229 e. The van der Waals surface area contributed by atoms with E-state index in [0.717, 1.165) is 11.1 Å². The van der Waals surface area contributed by atoms with Crippen LogP contribution in [-0.4, -0.2) is 19.6 Å². The summed E-state index contributed by atoms with van der Waals surface area (Å²) in [5, 5.41) is 2.92. The molecule has 0 saturated heterocycles. The summed E-state index contributed by atoms with van der Waals surface area (Å²) in [6, 6.07) is 3.86. The fourth-order valence-electron chi connectivity index (χ4n) is 1.96. The van der Waals surface area contributed by atoms with Gasteiger partial charge in [0.2, 0.25) is 5.91 Å². The Kier molecular flexibility index (Phi) is 5.36. The second-order valence-electron chi connectivity index (χ2n) is 5.21. The molecular weight excluding hydrogens is 240 g/mol. The van der Waals surface area contributed by atoms with Crippen molar-refractivity contribution in [1.82, 2.24) is 0 Å². The molecule has 19 heavy (non-hydrogen) atoms. The first kappa shape index (κ1) is 15.5. The van der Waals surface area contributed by atoms with Crippen molar-refractivity contribution in [3.05, 3.63) is 23.3 Å². The summed E-state index contributed by atoms with van der Waals surface area (Å²) >= 11 is 0. The van der Waals surface area contributed by atoms with Gasteiger partial charge in [-0.2, -0.15) is 0 Å². The lowest BCUT2D eigenvalue weighted by molar-refractivity contribution is -0.120. The number of benzene rings is 1. The third-order valence-corrected chi connectivity index (χ3v) is 3.47. The number of carbonyl (C=O) groups is 1. The van der Waals surface area contributed by atoms with E-state index in [1.165, 1.54) is 0 Å². The fraction of sp³-hybridized carbons (Fsp3) is 0.533. The van der Waals surface area contributed by atoms with Crippen molar-refractivity contribution in [2.75, 3.05) is 19.0 Å². The number of anilines is 1. The van der Waals surface area contributed by atoms with E-state index in [1.54, 1.807) is 7.11 Å². The molecule has 1 aromatic carbocycles. The average Bonchev–Trinajstić information content (AvgIpc) is 2.33. The summed E-state index contributed by atoms with van der Waals surface area (Å²) < 4.78 is 5.31. The Bertz CT molecular complexity index is 456. The lowest BCUT2D eigenvalue weighted by Gasteiger charge is -2.20. The predicted molar refractivity (Wildman–Crippen MR) is 78.5 cm³/mol. The number of hydrogen-bond acceptors (Lipinski definition) is 3. The first-order chi connectivity index (χ1) is 8.90. The SMILES string of the molecule is COc1cc(C)c(C)cc1NC(=O)C(CN)C(C)C. The minimum atomic E-state index is -0.189. The topological polar surface area (TPSA) is 64.3 Å². The molecule has 0 aliphatic rings. The summed E-state index contributed by atoms with van der Waals surface area (Å²) in [7, 11) is 1.60. The van der Waals surface area contributed by atoms with Crippen molar-refractivity contribution >= 4 is 11.6 Å². The highest BCUT2D eigenvalue weighted by molar-refractivity contribution is 5.94. The third-order valence-electron chi connectivity index (χ3n) is 3.47. The number of nitrogens with one attached hydrogen (secondary N) is 1. The highest BCUT2D eigenvalue weighted by atomic mass is 16.5. The van der Waals surface area contributed by atoms with Gasteiger partial charge in [-0.15, -0.1) is 0 Å². The monoisotopic (exact) mass is 264 g/mol. The van der Waals surface area contributed by atoms with Gasteiger partial charge in [0, 0.05) is 6.54 Å². The molecule has 4 heteroatoms. The Morgan fingerprint density at radius 1 is 1.32 bits per heavy atom. The molecule has 1 atom stereocenters. The van der Waals surface area contributed by atoms with Gasteiger partial charge in [-0.3, -0.25) is 4.79 Å². The number of amides is 1. The van der Waals surface area contributed by atoms with E-state index in [9.17, 15) is 4.79 Å². The number of hydrogen-bond donors (Lipinski definition) is 2. The van der Waals surface area contributed by atoms with E-state index in [2.05, 4.69) is 5.32 Å². The van der Waals surface area contributed by atoms with Gasteiger partial charge >= 0.3 is 0 Å². The molecular formula is C15H24N2O2. The molecule has 106 valence electrons. The van der Waals surface area contributed by atoms with Gasteiger partial charge < -0.3 is 15.8 Å². The molecule has 0 saturated carbocycles. The van der Waals surface area contributed by atoms with Gasteiger partial charge in [-0.1, -0.05) is 13.8 Å². The maximum absolute atomic E-state index is 12.2. The van der Waals surface area contributed by atoms with E-state index in [-0.39, 0.29) is 17.7 Å². The van der Waals surface area contributed by atoms with Gasteiger partial charge in [0.1, 0.15) is 5.75 Å². The number of aryl methyl sites for hydroxylation is 2. The second-order valence-corrected chi connectivity index (χ2v) is 5.21. The molecule has 0 aromatic heterocycles. The average molecular weight is 264 g/mol. The zero-order valence-electron chi connectivity index (χ0n) is 12.4. The summed E-state index contributed by atoms with van der Waals surface area (Å²) in [5.41, 5.74) is 8.61. The molecule has 3 N–H and O–H groups in total. The van der Waals surface area contributed by atoms with Crippen LogP contribution in [0.1, 0.15) is 25.0 Å². The van der Waals surface area contributed by atoms with E-state index < -0.39 is 0 Å². The maximum atomic E-state index is 12.2. The van der Waals surface area contributed by atoms with Crippen LogP contribution in [0.15, 0.2) is 12.1 Å². The lowest BCUT2D eigenvalue weighted by Crippen LogP contribution is -2.33. The number of carbonyl (C=O) groups excluding carboxylic acids is 1. The molecule has 1 unspecified atom stereocenters. The van der Waals surface area contributed by atoms with Gasteiger partial charge in [0.25, 0.3) is 0 Å². The van der Waals surface area contributed by atoms with Crippen LogP contribution in [0, 0.1) is 25.7 Å². The minimum Gasteiger partial charge on any atom is -0.495 e. The van der Waals surface area contributed by atoms with Gasteiger partial charge in [-0.05, 0) is 43.0 Å². The quantitative estimate of drug-likeness (QED) is 0.858. The summed E-state index contributed by atoms with van der Waals surface area (Å²) in [6.45, 7) is 8.35. The van der Waals surface area contributed by atoms with Gasteiger partial charge in [0.15, 0.2) is 0 Å². The smallest absolute Gasteiger partial charge is 0.229 e. The fourth-order valence-corrected chi connectivity index (χ4v) is 1.96. The largest absolute Gasteiger partial charge is 0.495 e. The highest BCUT2D eigenvalue weighted by Crippen LogP contribution is 2.28. The van der Waals surface area contributed by atoms with E-state index in [4.69, 9.17) is 10.5 Å². The predicted octanol–water partition coefficient (Wildman–Crippen LogP) is 2.48. The van der Waals surface area contributed by atoms with Crippen LogP contribution in [0.2, 0.25) is 0 Å². The summed E-state index contributed by atoms with van der Waals surface area (Å²) in [5.74, 6) is 0.642. The van der Waals surface area contributed by atoms with Crippen molar-refractivity contribution in [3.8, 4) is 5.75 Å². The van der Waals surface area contributed by atoms with Crippen molar-refractivity contribution in [3.63, 3.8) is 0 Å². The third kappa shape index (κ3) is 3.70. The second kappa shape index (κ2) is 6.57. The molecule has 1 amide bonds. The van der Waals surface area contributed by atoms with Crippen molar-refractivity contribution in [2.45, 2.75) is 27.7 Å². The Hall–Kier alpha value is -1.55.